The van der Waals surface area contributed by atoms with Gasteiger partial charge in [0.15, 0.2) is 0 Å². The Morgan fingerprint density at radius 3 is 2.33 bits per heavy atom. The summed E-state index contributed by atoms with van der Waals surface area (Å²) in [5.41, 5.74) is 4.80. The Morgan fingerprint density at radius 1 is 1.22 bits per heavy atom. The Balaban J connectivity index is 3.34. The van der Waals surface area contributed by atoms with Crippen LogP contribution in [0, 0.1) is 20.8 Å². The average Bonchev–Trinajstić information content (AvgIpc) is 2.30. The van der Waals surface area contributed by atoms with Crippen molar-refractivity contribution >= 4 is 0 Å². The summed E-state index contributed by atoms with van der Waals surface area (Å²) in [4.78, 5) is 0. The molecule has 0 bridgehead atoms. The van der Waals surface area contributed by atoms with Crippen molar-refractivity contribution in [3.05, 3.63) is 28.3 Å². The lowest BCUT2D eigenvalue weighted by Crippen LogP contribution is -2.34. The van der Waals surface area contributed by atoms with E-state index in [0.29, 0.717) is 6.54 Å². The van der Waals surface area contributed by atoms with E-state index >= 15 is 0 Å². The fourth-order valence-electron chi connectivity index (χ4n) is 2.60. The summed E-state index contributed by atoms with van der Waals surface area (Å²) in [6, 6.07) is 2.20. The molecule has 0 saturated heterocycles. The van der Waals surface area contributed by atoms with E-state index in [1.165, 1.54) is 22.3 Å². The van der Waals surface area contributed by atoms with E-state index in [4.69, 9.17) is 9.84 Å². The molecule has 102 valence electrons. The van der Waals surface area contributed by atoms with E-state index in [9.17, 15) is 0 Å². The monoisotopic (exact) mass is 251 g/mol. The molecule has 0 radical (unpaired) electrons. The minimum atomic E-state index is -0.0867. The molecule has 0 aliphatic heterocycles. The molecule has 0 unspecified atom stereocenters. The largest absolute Gasteiger partial charge is 0.496 e. The summed E-state index contributed by atoms with van der Waals surface area (Å²) in [5.74, 6) is 0.970. The van der Waals surface area contributed by atoms with Crippen molar-refractivity contribution in [2.45, 2.75) is 40.0 Å². The van der Waals surface area contributed by atoms with Crippen LogP contribution in [0.15, 0.2) is 6.07 Å². The first-order chi connectivity index (χ1) is 8.35. The third-order valence-electron chi connectivity index (χ3n) is 3.55. The van der Waals surface area contributed by atoms with Gasteiger partial charge in [0.2, 0.25) is 0 Å². The molecule has 0 atom stereocenters. The summed E-state index contributed by atoms with van der Waals surface area (Å²) in [6.45, 7) is 11.3. The number of aliphatic hydroxyl groups is 1. The SMILES string of the molecule is COc1c(C)c(C)cc(C)c1C(C)(C)CNCO. The van der Waals surface area contributed by atoms with Gasteiger partial charge in [-0.1, -0.05) is 19.9 Å². The molecule has 0 aromatic heterocycles. The zero-order valence-corrected chi connectivity index (χ0v) is 12.3. The Kier molecular flexibility index (Phi) is 4.77. The third-order valence-corrected chi connectivity index (χ3v) is 3.55. The minimum Gasteiger partial charge on any atom is -0.496 e. The molecule has 3 nitrogen and oxygen atoms in total. The molecule has 0 aliphatic carbocycles. The molecule has 0 aliphatic rings. The summed E-state index contributed by atoms with van der Waals surface area (Å²) >= 11 is 0. The average molecular weight is 251 g/mol. The van der Waals surface area contributed by atoms with E-state index < -0.39 is 0 Å². The lowest BCUT2D eigenvalue weighted by molar-refractivity contribution is 0.246. The molecule has 0 heterocycles. The van der Waals surface area contributed by atoms with Crippen LogP contribution in [0.4, 0.5) is 0 Å². The van der Waals surface area contributed by atoms with Crippen LogP contribution in [-0.4, -0.2) is 25.5 Å². The van der Waals surface area contributed by atoms with Gasteiger partial charge in [-0.2, -0.15) is 0 Å². The predicted molar refractivity (Wildman–Crippen MR) is 75.3 cm³/mol. The molecule has 0 saturated carbocycles. The summed E-state index contributed by atoms with van der Waals surface area (Å²) < 4.78 is 5.61. The van der Waals surface area contributed by atoms with Gasteiger partial charge < -0.3 is 9.84 Å². The highest BCUT2D eigenvalue weighted by Gasteiger charge is 2.27. The molecule has 3 heteroatoms. The molecule has 0 spiro atoms. The van der Waals surface area contributed by atoms with Gasteiger partial charge in [-0.05, 0) is 37.5 Å². The molecule has 0 fully saturated rings. The number of nitrogens with one attached hydrogen (secondary N) is 1. The maximum absolute atomic E-state index is 8.93. The molecule has 1 aromatic rings. The lowest BCUT2D eigenvalue weighted by atomic mass is 9.79. The van der Waals surface area contributed by atoms with Crippen molar-refractivity contribution in [3.63, 3.8) is 0 Å². The number of methoxy groups -OCH3 is 1. The summed E-state index contributed by atoms with van der Waals surface area (Å²) in [6.07, 6.45) is 0. The first kappa shape index (κ1) is 15.0. The van der Waals surface area contributed by atoms with Crippen molar-refractivity contribution in [2.24, 2.45) is 0 Å². The Labute approximate surface area is 110 Å². The quantitative estimate of drug-likeness (QED) is 0.790. The number of aryl methyl sites for hydroxylation is 2. The van der Waals surface area contributed by atoms with Gasteiger partial charge in [-0.3, -0.25) is 5.32 Å². The van der Waals surface area contributed by atoms with Gasteiger partial charge in [0.05, 0.1) is 13.8 Å². The van der Waals surface area contributed by atoms with E-state index in [2.05, 4.69) is 46.0 Å². The zero-order valence-electron chi connectivity index (χ0n) is 12.3. The van der Waals surface area contributed by atoms with Crippen LogP contribution in [-0.2, 0) is 5.41 Å². The lowest BCUT2D eigenvalue weighted by Gasteiger charge is -2.30. The maximum Gasteiger partial charge on any atom is 0.126 e. The normalized spacial score (nSPS) is 11.7. The number of hydrogen-bond acceptors (Lipinski definition) is 3. The third kappa shape index (κ3) is 2.85. The Bertz CT molecular complexity index is 425. The van der Waals surface area contributed by atoms with E-state index in [1.807, 2.05) is 0 Å². The molecule has 18 heavy (non-hydrogen) atoms. The fraction of sp³-hybridized carbons (Fsp3) is 0.600. The summed E-state index contributed by atoms with van der Waals surface area (Å²) in [7, 11) is 1.72. The van der Waals surface area contributed by atoms with Crippen LogP contribution >= 0.6 is 0 Å². The van der Waals surface area contributed by atoms with Crippen LogP contribution in [0.2, 0.25) is 0 Å². The Hall–Kier alpha value is -1.06. The van der Waals surface area contributed by atoms with Crippen molar-refractivity contribution in [2.75, 3.05) is 20.4 Å². The minimum absolute atomic E-state index is 0.00433. The maximum atomic E-state index is 8.93. The number of rotatable bonds is 5. The van der Waals surface area contributed by atoms with Crippen molar-refractivity contribution in [1.82, 2.24) is 5.32 Å². The van der Waals surface area contributed by atoms with Gasteiger partial charge in [0, 0.05) is 17.5 Å². The highest BCUT2D eigenvalue weighted by Crippen LogP contribution is 2.37. The van der Waals surface area contributed by atoms with Gasteiger partial charge in [-0.15, -0.1) is 0 Å². The number of ether oxygens (including phenoxy) is 1. The standard InChI is InChI=1S/C15H25NO2/c1-10-7-11(2)13(14(18-6)12(10)3)15(4,5)8-16-9-17/h7,16-17H,8-9H2,1-6H3. The highest BCUT2D eigenvalue weighted by molar-refractivity contribution is 5.53. The molecule has 1 rings (SSSR count). The number of benzene rings is 1. The molecular weight excluding hydrogens is 226 g/mol. The Morgan fingerprint density at radius 2 is 1.83 bits per heavy atom. The molecule has 1 aromatic carbocycles. The van der Waals surface area contributed by atoms with Crippen LogP contribution in [0.5, 0.6) is 5.75 Å². The van der Waals surface area contributed by atoms with Crippen LogP contribution < -0.4 is 10.1 Å². The number of hydrogen-bond donors (Lipinski definition) is 2. The smallest absolute Gasteiger partial charge is 0.126 e. The number of aliphatic hydroxyl groups excluding tert-OH is 1. The summed E-state index contributed by atoms with van der Waals surface area (Å²) in [5, 5.41) is 11.9. The predicted octanol–water partition coefficient (Wildman–Crippen LogP) is 2.44. The highest BCUT2D eigenvalue weighted by atomic mass is 16.5. The van der Waals surface area contributed by atoms with Gasteiger partial charge >= 0.3 is 0 Å². The van der Waals surface area contributed by atoms with E-state index in [0.717, 1.165) is 5.75 Å². The van der Waals surface area contributed by atoms with Gasteiger partial charge in [-0.25, -0.2) is 0 Å². The zero-order chi connectivity index (χ0) is 13.9. The topological polar surface area (TPSA) is 41.5 Å². The first-order valence-corrected chi connectivity index (χ1v) is 6.32. The fourth-order valence-corrected chi connectivity index (χ4v) is 2.60. The molecular formula is C15H25NO2. The second-order valence-electron chi connectivity index (χ2n) is 5.51. The van der Waals surface area contributed by atoms with Crippen molar-refractivity contribution in [3.8, 4) is 5.75 Å². The van der Waals surface area contributed by atoms with E-state index in [1.54, 1.807) is 7.11 Å². The van der Waals surface area contributed by atoms with Crippen LogP contribution in [0.1, 0.15) is 36.1 Å². The van der Waals surface area contributed by atoms with Crippen LogP contribution in [0.3, 0.4) is 0 Å². The van der Waals surface area contributed by atoms with Crippen LogP contribution in [0.25, 0.3) is 0 Å². The van der Waals surface area contributed by atoms with Crippen molar-refractivity contribution in [1.29, 1.82) is 0 Å². The second kappa shape index (κ2) is 5.72. The molecule has 0 amide bonds. The van der Waals surface area contributed by atoms with Crippen molar-refractivity contribution < 1.29 is 9.84 Å². The second-order valence-corrected chi connectivity index (χ2v) is 5.51. The molecule has 2 N–H and O–H groups in total. The van der Waals surface area contributed by atoms with E-state index in [-0.39, 0.29) is 12.1 Å². The van der Waals surface area contributed by atoms with Gasteiger partial charge in [0.1, 0.15) is 5.75 Å². The first-order valence-electron chi connectivity index (χ1n) is 6.32. The van der Waals surface area contributed by atoms with Gasteiger partial charge in [0.25, 0.3) is 0 Å².